The van der Waals surface area contributed by atoms with Gasteiger partial charge >= 0.3 is 0 Å². The van der Waals surface area contributed by atoms with Crippen molar-refractivity contribution < 1.29 is 24.2 Å². The van der Waals surface area contributed by atoms with Crippen molar-refractivity contribution in [3.8, 4) is 0 Å². The molecule has 2 unspecified atom stereocenters. The van der Waals surface area contributed by atoms with Crippen LogP contribution < -0.4 is 15.5 Å². The van der Waals surface area contributed by atoms with Crippen molar-refractivity contribution in [2.24, 2.45) is 17.8 Å². The molecule has 3 amide bonds. The summed E-state index contributed by atoms with van der Waals surface area (Å²) >= 11 is 0. The molecule has 9 heteroatoms. The standard InChI is InChI=1S/C29H44N4O5/c1-7-16-30-25(35)22-23-27(37)33(21(17-34)18(4)5)24(29(23)15-14-28(22,6)38-29)26(36)31-19-10-12-20(13-11-19)32(8-2)9-3/h10-13,18,21-24,34H,7-9,14-17H2,1-6H3,(H,30,35)(H,31,36)/t21-,22-,23-,24?,28+,29?/m0/s1. The molecule has 3 heterocycles. The molecule has 1 aromatic rings. The number of rotatable bonds is 11. The molecule has 1 aromatic carbocycles. The maximum absolute atomic E-state index is 14.1. The van der Waals surface area contributed by atoms with Gasteiger partial charge in [0.05, 0.1) is 30.1 Å². The molecule has 210 valence electrons. The minimum atomic E-state index is -1.12. The number of carbonyl (C=O) groups excluding carboxylic acids is 3. The maximum Gasteiger partial charge on any atom is 0.250 e. The molecule has 1 spiro atoms. The van der Waals surface area contributed by atoms with E-state index in [1.54, 1.807) is 0 Å². The van der Waals surface area contributed by atoms with E-state index in [0.29, 0.717) is 25.1 Å². The van der Waals surface area contributed by atoms with E-state index in [9.17, 15) is 19.5 Å². The summed E-state index contributed by atoms with van der Waals surface area (Å²) in [5.41, 5.74) is -0.246. The van der Waals surface area contributed by atoms with Gasteiger partial charge in [-0.1, -0.05) is 20.8 Å². The van der Waals surface area contributed by atoms with E-state index in [1.807, 2.05) is 52.0 Å². The Hall–Kier alpha value is -2.65. The van der Waals surface area contributed by atoms with E-state index >= 15 is 0 Å². The Labute approximate surface area is 226 Å². The molecule has 38 heavy (non-hydrogen) atoms. The lowest BCUT2D eigenvalue weighted by Crippen LogP contribution is -2.57. The predicted octanol–water partition coefficient (Wildman–Crippen LogP) is 2.78. The fraction of sp³-hybridized carbons (Fsp3) is 0.690. The molecule has 2 bridgehead atoms. The minimum Gasteiger partial charge on any atom is -0.394 e. The zero-order valence-electron chi connectivity index (χ0n) is 23.6. The molecule has 0 aromatic heterocycles. The summed E-state index contributed by atoms with van der Waals surface area (Å²) in [6, 6.07) is 6.15. The van der Waals surface area contributed by atoms with Crippen LogP contribution in [0.15, 0.2) is 24.3 Å². The van der Waals surface area contributed by atoms with Crippen LogP contribution in [0.5, 0.6) is 0 Å². The smallest absolute Gasteiger partial charge is 0.250 e. The van der Waals surface area contributed by atoms with E-state index in [4.69, 9.17) is 4.74 Å². The van der Waals surface area contributed by atoms with E-state index in [2.05, 4.69) is 29.4 Å². The summed E-state index contributed by atoms with van der Waals surface area (Å²) in [5.74, 6) is -2.39. The van der Waals surface area contributed by atoms with Gasteiger partial charge in [-0.3, -0.25) is 14.4 Å². The van der Waals surface area contributed by atoms with Gasteiger partial charge in [0.25, 0.3) is 0 Å². The Balaban J connectivity index is 1.70. The van der Waals surface area contributed by atoms with Gasteiger partial charge in [-0.25, -0.2) is 0 Å². The quantitative estimate of drug-likeness (QED) is 0.407. The molecule has 4 rings (SSSR count). The lowest BCUT2D eigenvalue weighted by Gasteiger charge is -2.38. The maximum atomic E-state index is 14.1. The van der Waals surface area contributed by atoms with Gasteiger partial charge in [-0.15, -0.1) is 0 Å². The highest BCUT2D eigenvalue weighted by Crippen LogP contribution is 2.63. The monoisotopic (exact) mass is 528 g/mol. The first-order valence-corrected chi connectivity index (χ1v) is 14.1. The van der Waals surface area contributed by atoms with Crippen LogP contribution in [0.25, 0.3) is 0 Å². The fourth-order valence-electron chi connectivity index (χ4n) is 6.95. The van der Waals surface area contributed by atoms with Crippen molar-refractivity contribution >= 4 is 29.1 Å². The summed E-state index contributed by atoms with van der Waals surface area (Å²) in [5, 5.41) is 16.3. The number of ether oxygens (including phenoxy) is 1. The summed E-state index contributed by atoms with van der Waals surface area (Å²) in [4.78, 5) is 45.3. The first kappa shape index (κ1) is 28.4. The molecule has 3 saturated heterocycles. The highest BCUT2D eigenvalue weighted by Gasteiger charge is 2.78. The number of fused-ring (bicyclic) bond motifs is 1. The molecule has 3 aliphatic heterocycles. The molecule has 9 nitrogen and oxygen atoms in total. The summed E-state index contributed by atoms with van der Waals surface area (Å²) in [7, 11) is 0. The predicted molar refractivity (Wildman–Crippen MR) is 147 cm³/mol. The third kappa shape index (κ3) is 4.47. The number of aliphatic hydroxyl groups is 1. The summed E-state index contributed by atoms with van der Waals surface area (Å²) < 4.78 is 6.64. The Kier molecular flexibility index (Phi) is 8.09. The molecule has 0 saturated carbocycles. The van der Waals surface area contributed by atoms with Gasteiger partial charge in [0.2, 0.25) is 17.7 Å². The number of benzene rings is 1. The Morgan fingerprint density at radius 3 is 2.34 bits per heavy atom. The number of anilines is 2. The van der Waals surface area contributed by atoms with Crippen LogP contribution in [-0.4, -0.2) is 77.3 Å². The van der Waals surface area contributed by atoms with Crippen LogP contribution in [0.4, 0.5) is 11.4 Å². The highest BCUT2D eigenvalue weighted by atomic mass is 16.5. The molecular formula is C29H44N4O5. The number of carbonyl (C=O) groups is 3. The number of aliphatic hydroxyl groups excluding tert-OH is 1. The molecule has 6 atom stereocenters. The zero-order valence-corrected chi connectivity index (χ0v) is 23.6. The number of hydrogen-bond acceptors (Lipinski definition) is 6. The second-order valence-electron chi connectivity index (χ2n) is 11.5. The Bertz CT molecular complexity index is 1040. The average Bonchev–Trinajstić information content (AvgIpc) is 3.45. The Morgan fingerprint density at radius 2 is 1.79 bits per heavy atom. The third-order valence-corrected chi connectivity index (χ3v) is 8.87. The summed E-state index contributed by atoms with van der Waals surface area (Å²) in [6.07, 6.45) is 1.87. The van der Waals surface area contributed by atoms with E-state index < -0.39 is 35.1 Å². The van der Waals surface area contributed by atoms with Crippen molar-refractivity contribution in [3.05, 3.63) is 24.3 Å². The van der Waals surface area contributed by atoms with E-state index in [-0.39, 0.29) is 30.2 Å². The second-order valence-corrected chi connectivity index (χ2v) is 11.5. The number of nitrogens with zero attached hydrogens (tertiary/aromatic N) is 2. The molecule has 3 N–H and O–H groups in total. The van der Waals surface area contributed by atoms with Gasteiger partial charge in [0.1, 0.15) is 11.6 Å². The number of likely N-dealkylation sites (tertiary alicyclic amines) is 1. The van der Waals surface area contributed by atoms with Gasteiger partial charge in [-0.05, 0) is 70.2 Å². The first-order valence-electron chi connectivity index (χ1n) is 14.1. The fourth-order valence-corrected chi connectivity index (χ4v) is 6.95. The van der Waals surface area contributed by atoms with Crippen molar-refractivity contribution in [2.45, 2.75) is 84.1 Å². The number of amides is 3. The van der Waals surface area contributed by atoms with Crippen LogP contribution in [0.3, 0.4) is 0 Å². The normalized spacial score (nSPS) is 30.5. The Morgan fingerprint density at radius 1 is 1.13 bits per heavy atom. The lowest BCUT2D eigenvalue weighted by atomic mass is 9.66. The van der Waals surface area contributed by atoms with Crippen LogP contribution in [0, 0.1) is 17.8 Å². The lowest BCUT2D eigenvalue weighted by molar-refractivity contribution is -0.149. The summed E-state index contributed by atoms with van der Waals surface area (Å²) in [6.45, 7) is 13.9. The zero-order chi connectivity index (χ0) is 27.8. The minimum absolute atomic E-state index is 0.0945. The average molecular weight is 529 g/mol. The van der Waals surface area contributed by atoms with Gasteiger partial charge < -0.3 is 30.3 Å². The van der Waals surface area contributed by atoms with E-state index in [0.717, 1.165) is 25.2 Å². The van der Waals surface area contributed by atoms with Crippen LogP contribution in [0.2, 0.25) is 0 Å². The largest absolute Gasteiger partial charge is 0.394 e. The second kappa shape index (κ2) is 10.8. The molecular weight excluding hydrogens is 484 g/mol. The van der Waals surface area contributed by atoms with Crippen LogP contribution in [-0.2, 0) is 19.1 Å². The molecule has 3 aliphatic rings. The van der Waals surface area contributed by atoms with Crippen molar-refractivity contribution in [1.82, 2.24) is 10.2 Å². The van der Waals surface area contributed by atoms with Gasteiger partial charge in [0.15, 0.2) is 0 Å². The van der Waals surface area contributed by atoms with Crippen LogP contribution >= 0.6 is 0 Å². The first-order chi connectivity index (χ1) is 18.1. The topological polar surface area (TPSA) is 111 Å². The molecule has 3 fully saturated rings. The SMILES string of the molecule is CCCNC(=O)[C@@H]1[C@H]2C(=O)N([C@@H](CO)C(C)C)C(C(=O)Nc3ccc(N(CC)CC)cc3)C23CC[C@@]1(C)O3. The molecule has 0 aliphatic carbocycles. The van der Waals surface area contributed by atoms with E-state index in [1.165, 1.54) is 4.90 Å². The highest BCUT2D eigenvalue weighted by molar-refractivity contribution is 6.04. The third-order valence-electron chi connectivity index (χ3n) is 8.87. The molecule has 0 radical (unpaired) electrons. The van der Waals surface area contributed by atoms with Gasteiger partial charge in [0, 0.05) is 31.0 Å². The van der Waals surface area contributed by atoms with Gasteiger partial charge in [-0.2, -0.15) is 0 Å². The van der Waals surface area contributed by atoms with Crippen LogP contribution in [0.1, 0.15) is 60.8 Å². The van der Waals surface area contributed by atoms with Crippen molar-refractivity contribution in [2.75, 3.05) is 36.5 Å². The van der Waals surface area contributed by atoms with Crippen molar-refractivity contribution in [1.29, 1.82) is 0 Å². The number of nitrogens with one attached hydrogen (secondary N) is 2. The van der Waals surface area contributed by atoms with Crippen molar-refractivity contribution in [3.63, 3.8) is 0 Å². The number of hydrogen-bond donors (Lipinski definition) is 3.